The van der Waals surface area contributed by atoms with Gasteiger partial charge in [0.15, 0.2) is 0 Å². The van der Waals surface area contributed by atoms with Gasteiger partial charge in [-0.25, -0.2) is 0 Å². The van der Waals surface area contributed by atoms with Crippen LogP contribution in [0.25, 0.3) is 0 Å². The van der Waals surface area contributed by atoms with Crippen LogP contribution in [0.5, 0.6) is 0 Å². The molecule has 1 aromatic carbocycles. The van der Waals surface area contributed by atoms with Gasteiger partial charge in [0.05, 0.1) is 6.42 Å². The topological polar surface area (TPSA) is 40.5 Å². The Bertz CT molecular complexity index is 397. The summed E-state index contributed by atoms with van der Waals surface area (Å²) >= 11 is 5.88. The summed E-state index contributed by atoms with van der Waals surface area (Å²) in [5.41, 5.74) is 1.34. The molecule has 0 aromatic heterocycles. The molecule has 1 aliphatic heterocycles. The number of hydrogen-bond acceptors (Lipinski definition) is 2. The Balaban J connectivity index is 1.83. The molecule has 3 nitrogen and oxygen atoms in total. The van der Waals surface area contributed by atoms with Gasteiger partial charge in [0.1, 0.15) is 0 Å². The smallest absolute Gasteiger partial charge is 0.304 e. The number of piperidine rings is 1. The SMILES string of the molecule is O=C(O)CCN1CCC(c2ccc(Cl)cc2)CC1. The minimum Gasteiger partial charge on any atom is -0.481 e. The van der Waals surface area contributed by atoms with E-state index < -0.39 is 5.97 Å². The lowest BCUT2D eigenvalue weighted by molar-refractivity contribution is -0.137. The highest BCUT2D eigenvalue weighted by Crippen LogP contribution is 2.28. The molecular weight excluding hydrogens is 250 g/mol. The first-order valence-electron chi connectivity index (χ1n) is 6.35. The summed E-state index contributed by atoms with van der Waals surface area (Å²) in [7, 11) is 0. The fourth-order valence-electron chi connectivity index (χ4n) is 2.48. The molecule has 18 heavy (non-hydrogen) atoms. The molecule has 1 saturated heterocycles. The molecule has 0 bridgehead atoms. The van der Waals surface area contributed by atoms with Crippen LogP contribution in [0.3, 0.4) is 0 Å². The molecule has 1 heterocycles. The average molecular weight is 268 g/mol. The fourth-order valence-corrected chi connectivity index (χ4v) is 2.60. The molecule has 1 aliphatic rings. The minimum absolute atomic E-state index is 0.242. The van der Waals surface area contributed by atoms with E-state index in [0.29, 0.717) is 12.5 Å². The van der Waals surface area contributed by atoms with Crippen molar-refractivity contribution in [3.05, 3.63) is 34.9 Å². The number of carboxylic acid groups (broad SMARTS) is 1. The standard InChI is InChI=1S/C14H18ClNO2/c15-13-3-1-11(2-4-13)12-5-8-16(9-6-12)10-7-14(17)18/h1-4,12H,5-10H2,(H,17,18). The highest BCUT2D eigenvalue weighted by molar-refractivity contribution is 6.30. The Morgan fingerprint density at radius 2 is 1.89 bits per heavy atom. The third-order valence-electron chi connectivity index (χ3n) is 3.57. The molecule has 0 spiro atoms. The van der Waals surface area contributed by atoms with Crippen molar-refractivity contribution in [1.29, 1.82) is 0 Å². The quantitative estimate of drug-likeness (QED) is 0.912. The zero-order valence-corrected chi connectivity index (χ0v) is 11.1. The monoisotopic (exact) mass is 267 g/mol. The molecule has 0 amide bonds. The molecule has 0 saturated carbocycles. The van der Waals surface area contributed by atoms with Crippen molar-refractivity contribution in [2.75, 3.05) is 19.6 Å². The molecule has 1 fully saturated rings. The lowest BCUT2D eigenvalue weighted by atomic mass is 9.89. The van der Waals surface area contributed by atoms with E-state index in [1.54, 1.807) is 0 Å². The van der Waals surface area contributed by atoms with E-state index in [9.17, 15) is 4.79 Å². The zero-order valence-electron chi connectivity index (χ0n) is 10.3. The van der Waals surface area contributed by atoms with Gasteiger partial charge in [0.2, 0.25) is 0 Å². The van der Waals surface area contributed by atoms with Crippen molar-refractivity contribution in [3.63, 3.8) is 0 Å². The van der Waals surface area contributed by atoms with Crippen LogP contribution in [0.2, 0.25) is 5.02 Å². The van der Waals surface area contributed by atoms with Gasteiger partial charge in [-0.15, -0.1) is 0 Å². The zero-order chi connectivity index (χ0) is 13.0. The normalized spacial score (nSPS) is 17.8. The lowest BCUT2D eigenvalue weighted by Gasteiger charge is -2.31. The molecule has 1 N–H and O–H groups in total. The van der Waals surface area contributed by atoms with Gasteiger partial charge in [0, 0.05) is 11.6 Å². The average Bonchev–Trinajstić information content (AvgIpc) is 2.38. The summed E-state index contributed by atoms with van der Waals surface area (Å²) in [5.74, 6) is -0.127. The third-order valence-corrected chi connectivity index (χ3v) is 3.82. The van der Waals surface area contributed by atoms with Crippen LogP contribution < -0.4 is 0 Å². The lowest BCUT2D eigenvalue weighted by Crippen LogP contribution is -2.34. The molecule has 0 atom stereocenters. The Kier molecular flexibility index (Phi) is 4.61. The van der Waals surface area contributed by atoms with Gasteiger partial charge in [-0.05, 0) is 49.5 Å². The van der Waals surface area contributed by atoms with Crippen molar-refractivity contribution in [3.8, 4) is 0 Å². The number of hydrogen-bond donors (Lipinski definition) is 1. The number of nitrogens with zero attached hydrogens (tertiary/aromatic N) is 1. The largest absolute Gasteiger partial charge is 0.481 e. The number of likely N-dealkylation sites (tertiary alicyclic amines) is 1. The summed E-state index contributed by atoms with van der Waals surface area (Å²) in [6.07, 6.45) is 2.44. The molecule has 98 valence electrons. The fraction of sp³-hybridized carbons (Fsp3) is 0.500. The van der Waals surface area contributed by atoms with Crippen LogP contribution in [0.1, 0.15) is 30.7 Å². The second kappa shape index (κ2) is 6.21. The number of halogens is 1. The number of rotatable bonds is 4. The third kappa shape index (κ3) is 3.72. The highest BCUT2D eigenvalue weighted by Gasteiger charge is 2.20. The van der Waals surface area contributed by atoms with E-state index >= 15 is 0 Å². The molecule has 0 radical (unpaired) electrons. The number of aliphatic carboxylic acids is 1. The Morgan fingerprint density at radius 1 is 1.28 bits per heavy atom. The van der Waals surface area contributed by atoms with E-state index in [-0.39, 0.29) is 6.42 Å². The Morgan fingerprint density at radius 3 is 2.44 bits per heavy atom. The van der Waals surface area contributed by atoms with Gasteiger partial charge in [0.25, 0.3) is 0 Å². The van der Waals surface area contributed by atoms with Crippen molar-refractivity contribution >= 4 is 17.6 Å². The van der Waals surface area contributed by atoms with E-state index in [4.69, 9.17) is 16.7 Å². The number of carboxylic acids is 1. The van der Waals surface area contributed by atoms with Gasteiger partial charge in [-0.3, -0.25) is 4.79 Å². The van der Waals surface area contributed by atoms with Crippen molar-refractivity contribution in [1.82, 2.24) is 4.90 Å². The van der Waals surface area contributed by atoms with Crippen molar-refractivity contribution in [2.45, 2.75) is 25.2 Å². The first kappa shape index (κ1) is 13.4. The predicted octanol–water partition coefficient (Wildman–Crippen LogP) is 2.99. The van der Waals surface area contributed by atoms with E-state index in [1.165, 1.54) is 5.56 Å². The Labute approximate surface area is 112 Å². The first-order valence-corrected chi connectivity index (χ1v) is 6.72. The highest BCUT2D eigenvalue weighted by atomic mass is 35.5. The van der Waals surface area contributed by atoms with Crippen LogP contribution in [0, 0.1) is 0 Å². The van der Waals surface area contributed by atoms with Gasteiger partial charge in [-0.1, -0.05) is 23.7 Å². The maximum absolute atomic E-state index is 10.5. The van der Waals surface area contributed by atoms with Crippen molar-refractivity contribution < 1.29 is 9.90 Å². The number of carbonyl (C=O) groups is 1. The maximum atomic E-state index is 10.5. The number of benzene rings is 1. The van der Waals surface area contributed by atoms with Crippen LogP contribution in [-0.4, -0.2) is 35.6 Å². The summed E-state index contributed by atoms with van der Waals surface area (Å²) < 4.78 is 0. The molecule has 0 aliphatic carbocycles. The second-order valence-corrected chi connectivity index (χ2v) is 5.25. The molecule has 1 aromatic rings. The van der Waals surface area contributed by atoms with E-state index in [1.807, 2.05) is 12.1 Å². The molecular formula is C14H18ClNO2. The van der Waals surface area contributed by atoms with Gasteiger partial charge in [-0.2, -0.15) is 0 Å². The summed E-state index contributed by atoms with van der Waals surface area (Å²) in [4.78, 5) is 12.8. The van der Waals surface area contributed by atoms with Crippen LogP contribution in [0.15, 0.2) is 24.3 Å². The van der Waals surface area contributed by atoms with Crippen molar-refractivity contribution in [2.24, 2.45) is 0 Å². The van der Waals surface area contributed by atoms with Crippen LogP contribution in [-0.2, 0) is 4.79 Å². The first-order chi connectivity index (χ1) is 8.65. The molecule has 2 rings (SSSR count). The van der Waals surface area contributed by atoms with E-state index in [0.717, 1.165) is 31.0 Å². The minimum atomic E-state index is -0.713. The van der Waals surface area contributed by atoms with Crippen LogP contribution in [0.4, 0.5) is 0 Å². The molecule has 4 heteroatoms. The summed E-state index contributed by atoms with van der Waals surface area (Å²) in [5, 5.41) is 9.44. The molecule has 0 unspecified atom stereocenters. The maximum Gasteiger partial charge on any atom is 0.304 e. The second-order valence-electron chi connectivity index (χ2n) is 4.81. The van der Waals surface area contributed by atoms with E-state index in [2.05, 4.69) is 17.0 Å². The summed E-state index contributed by atoms with van der Waals surface area (Å²) in [6, 6.07) is 8.07. The Hall–Kier alpha value is -1.06. The summed E-state index contributed by atoms with van der Waals surface area (Å²) in [6.45, 7) is 2.64. The van der Waals surface area contributed by atoms with Gasteiger partial charge < -0.3 is 10.0 Å². The van der Waals surface area contributed by atoms with Gasteiger partial charge >= 0.3 is 5.97 Å². The van der Waals surface area contributed by atoms with Crippen LogP contribution >= 0.6 is 11.6 Å². The predicted molar refractivity (Wildman–Crippen MR) is 72.1 cm³/mol.